The number of hydrogen-bond acceptors (Lipinski definition) is 2. The molecule has 3 rings (SSSR count). The third-order valence-electron chi connectivity index (χ3n) is 4.37. The molecule has 0 bridgehead atoms. The van der Waals surface area contributed by atoms with Gasteiger partial charge in [0.2, 0.25) is 5.91 Å². The summed E-state index contributed by atoms with van der Waals surface area (Å²) in [7, 11) is 0. The van der Waals surface area contributed by atoms with Gasteiger partial charge in [0, 0.05) is 24.7 Å². The molecule has 0 saturated carbocycles. The summed E-state index contributed by atoms with van der Waals surface area (Å²) in [5, 5.41) is 3.34. The Bertz CT molecular complexity index is 817. The van der Waals surface area contributed by atoms with Crippen molar-refractivity contribution in [2.24, 2.45) is 5.92 Å². The fourth-order valence-electron chi connectivity index (χ4n) is 3.03. The zero-order chi connectivity index (χ0) is 18.0. The highest BCUT2D eigenvalue weighted by atomic mass is 35.5. The molecule has 130 valence electrons. The first kappa shape index (κ1) is 17.5. The van der Waals surface area contributed by atoms with Gasteiger partial charge in [-0.3, -0.25) is 9.59 Å². The Morgan fingerprint density at radius 2 is 1.96 bits per heavy atom. The topological polar surface area (TPSA) is 49.4 Å². The summed E-state index contributed by atoms with van der Waals surface area (Å²) in [5.41, 5.74) is 3.62. The van der Waals surface area contributed by atoms with E-state index in [-0.39, 0.29) is 17.7 Å². The van der Waals surface area contributed by atoms with Gasteiger partial charge in [0.15, 0.2) is 0 Å². The van der Waals surface area contributed by atoms with Crippen LogP contribution in [0.5, 0.6) is 0 Å². The normalized spacial score (nSPS) is 13.0. The second-order valence-corrected chi connectivity index (χ2v) is 6.93. The molecule has 0 atom stereocenters. The van der Waals surface area contributed by atoms with Gasteiger partial charge in [0.1, 0.15) is 0 Å². The largest absolute Gasteiger partial charge is 0.348 e. The lowest BCUT2D eigenvalue weighted by Gasteiger charge is -2.19. The summed E-state index contributed by atoms with van der Waals surface area (Å²) < 4.78 is 0. The number of benzene rings is 2. The molecule has 0 spiro atoms. The molecule has 0 saturated heterocycles. The van der Waals surface area contributed by atoms with Crippen molar-refractivity contribution in [3.05, 3.63) is 64.2 Å². The van der Waals surface area contributed by atoms with Crippen LogP contribution in [-0.2, 0) is 17.8 Å². The van der Waals surface area contributed by atoms with Crippen LogP contribution in [0.1, 0.15) is 35.3 Å². The molecule has 5 heteroatoms. The van der Waals surface area contributed by atoms with E-state index in [9.17, 15) is 9.59 Å². The minimum Gasteiger partial charge on any atom is -0.348 e. The molecule has 2 aromatic carbocycles. The first-order chi connectivity index (χ1) is 12.0. The minimum atomic E-state index is -0.192. The maximum atomic E-state index is 12.3. The standard InChI is InChI=1S/C20H21ClN2O2/c1-13(2)20(25)23-10-9-15-11-14(7-8-18(15)23)12-22-19(24)16-5-3-4-6-17(16)21/h3-8,11,13H,9-10,12H2,1-2H3,(H,22,24). The minimum absolute atomic E-state index is 0.0134. The Labute approximate surface area is 152 Å². The Hall–Kier alpha value is -2.33. The first-order valence-electron chi connectivity index (χ1n) is 8.43. The van der Waals surface area contributed by atoms with Crippen LogP contribution in [0.25, 0.3) is 0 Å². The van der Waals surface area contributed by atoms with Crippen molar-refractivity contribution in [1.82, 2.24) is 5.32 Å². The number of nitrogens with zero attached hydrogens (tertiary/aromatic N) is 1. The van der Waals surface area contributed by atoms with Crippen LogP contribution in [0.4, 0.5) is 5.69 Å². The fraction of sp³-hybridized carbons (Fsp3) is 0.300. The number of rotatable bonds is 4. The van der Waals surface area contributed by atoms with Crippen molar-refractivity contribution in [1.29, 1.82) is 0 Å². The van der Waals surface area contributed by atoms with E-state index in [0.717, 1.165) is 29.8 Å². The average molecular weight is 357 g/mol. The van der Waals surface area contributed by atoms with Crippen molar-refractivity contribution in [2.75, 3.05) is 11.4 Å². The molecule has 0 fully saturated rings. The van der Waals surface area contributed by atoms with E-state index in [4.69, 9.17) is 11.6 Å². The molecule has 2 amide bonds. The van der Waals surface area contributed by atoms with Gasteiger partial charge in [0.05, 0.1) is 10.6 Å². The van der Waals surface area contributed by atoms with Gasteiger partial charge < -0.3 is 10.2 Å². The molecule has 1 heterocycles. The molecule has 25 heavy (non-hydrogen) atoms. The van der Waals surface area contributed by atoms with Crippen molar-refractivity contribution >= 4 is 29.1 Å². The molecule has 1 aliphatic rings. The molecule has 0 aliphatic carbocycles. The Kier molecular flexibility index (Phi) is 5.09. The van der Waals surface area contributed by atoms with E-state index in [1.165, 1.54) is 0 Å². The highest BCUT2D eigenvalue weighted by Crippen LogP contribution is 2.30. The van der Waals surface area contributed by atoms with Crippen LogP contribution in [0.3, 0.4) is 0 Å². The van der Waals surface area contributed by atoms with Crippen LogP contribution in [0, 0.1) is 5.92 Å². The van der Waals surface area contributed by atoms with Gasteiger partial charge in [-0.05, 0) is 35.7 Å². The lowest BCUT2D eigenvalue weighted by atomic mass is 10.1. The van der Waals surface area contributed by atoms with Crippen LogP contribution < -0.4 is 10.2 Å². The Morgan fingerprint density at radius 1 is 1.20 bits per heavy atom. The van der Waals surface area contributed by atoms with Crippen LogP contribution in [-0.4, -0.2) is 18.4 Å². The number of amides is 2. The smallest absolute Gasteiger partial charge is 0.253 e. The third-order valence-corrected chi connectivity index (χ3v) is 4.70. The van der Waals surface area contributed by atoms with E-state index in [1.54, 1.807) is 24.3 Å². The lowest BCUT2D eigenvalue weighted by Crippen LogP contribution is -2.32. The average Bonchev–Trinajstić information content (AvgIpc) is 3.02. The lowest BCUT2D eigenvalue weighted by molar-refractivity contribution is -0.121. The summed E-state index contributed by atoms with van der Waals surface area (Å²) >= 11 is 6.05. The molecular weight excluding hydrogens is 336 g/mol. The van der Waals surface area contributed by atoms with Crippen LogP contribution in [0.2, 0.25) is 5.02 Å². The maximum absolute atomic E-state index is 12.3. The highest BCUT2D eigenvalue weighted by Gasteiger charge is 2.26. The molecule has 2 aromatic rings. The van der Waals surface area contributed by atoms with Crippen molar-refractivity contribution < 1.29 is 9.59 Å². The SMILES string of the molecule is CC(C)C(=O)N1CCc2cc(CNC(=O)c3ccccc3Cl)ccc21. The molecule has 0 radical (unpaired) electrons. The van der Waals surface area contributed by atoms with Gasteiger partial charge >= 0.3 is 0 Å². The molecule has 0 unspecified atom stereocenters. The zero-order valence-corrected chi connectivity index (χ0v) is 15.1. The van der Waals surface area contributed by atoms with Crippen molar-refractivity contribution in [3.63, 3.8) is 0 Å². The predicted molar refractivity (Wildman–Crippen MR) is 100.0 cm³/mol. The van der Waals surface area contributed by atoms with Gasteiger partial charge in [-0.15, -0.1) is 0 Å². The number of nitrogens with one attached hydrogen (secondary N) is 1. The third kappa shape index (κ3) is 3.69. The van der Waals surface area contributed by atoms with Gasteiger partial charge in [0.25, 0.3) is 5.91 Å². The van der Waals surface area contributed by atoms with Crippen molar-refractivity contribution in [3.8, 4) is 0 Å². The molecule has 0 aromatic heterocycles. The number of halogens is 1. The Morgan fingerprint density at radius 3 is 2.68 bits per heavy atom. The summed E-state index contributed by atoms with van der Waals surface area (Å²) in [5.74, 6) is -0.0539. The molecule has 1 aliphatic heterocycles. The molecule has 4 nitrogen and oxygen atoms in total. The molecule has 1 N–H and O–H groups in total. The van der Waals surface area contributed by atoms with Crippen LogP contribution in [0.15, 0.2) is 42.5 Å². The Balaban J connectivity index is 1.69. The summed E-state index contributed by atoms with van der Waals surface area (Å²) in [4.78, 5) is 26.3. The number of fused-ring (bicyclic) bond motifs is 1. The van der Waals surface area contributed by atoms with E-state index in [1.807, 2.05) is 30.9 Å². The number of carbonyl (C=O) groups excluding carboxylic acids is 2. The highest BCUT2D eigenvalue weighted by molar-refractivity contribution is 6.33. The second kappa shape index (κ2) is 7.28. The van der Waals surface area contributed by atoms with Gasteiger partial charge in [-0.2, -0.15) is 0 Å². The second-order valence-electron chi connectivity index (χ2n) is 6.52. The van der Waals surface area contributed by atoms with Crippen LogP contribution >= 0.6 is 11.6 Å². The first-order valence-corrected chi connectivity index (χ1v) is 8.81. The molecular formula is C20H21ClN2O2. The number of anilines is 1. The summed E-state index contributed by atoms with van der Waals surface area (Å²) in [6.07, 6.45) is 0.847. The quantitative estimate of drug-likeness (QED) is 0.905. The van der Waals surface area contributed by atoms with Crippen molar-refractivity contribution in [2.45, 2.75) is 26.8 Å². The summed E-state index contributed by atoms with van der Waals surface area (Å²) in [6.45, 7) is 4.98. The van der Waals surface area contributed by atoms with Gasteiger partial charge in [-0.25, -0.2) is 0 Å². The van der Waals surface area contributed by atoms with E-state index in [2.05, 4.69) is 11.4 Å². The fourth-order valence-corrected chi connectivity index (χ4v) is 3.25. The number of hydrogen-bond donors (Lipinski definition) is 1. The van der Waals surface area contributed by atoms with Gasteiger partial charge in [-0.1, -0.05) is 49.7 Å². The van der Waals surface area contributed by atoms with E-state index < -0.39 is 0 Å². The monoisotopic (exact) mass is 356 g/mol. The maximum Gasteiger partial charge on any atom is 0.253 e. The van der Waals surface area contributed by atoms with E-state index >= 15 is 0 Å². The number of carbonyl (C=O) groups is 2. The summed E-state index contributed by atoms with van der Waals surface area (Å²) in [6, 6.07) is 13.0. The van der Waals surface area contributed by atoms with E-state index in [0.29, 0.717) is 17.1 Å². The zero-order valence-electron chi connectivity index (χ0n) is 14.4. The predicted octanol–water partition coefficient (Wildman–Crippen LogP) is 3.82.